The molecule has 1 aliphatic rings. The number of hydrogen-bond acceptors (Lipinski definition) is 6. The number of amidine groups is 1. The van der Waals surface area contributed by atoms with Gasteiger partial charge in [0.25, 0.3) is 0 Å². The molecule has 1 saturated heterocycles. The van der Waals surface area contributed by atoms with Crippen LogP contribution in [-0.2, 0) is 14.8 Å². The summed E-state index contributed by atoms with van der Waals surface area (Å²) in [5.74, 6) is -0.134. The van der Waals surface area contributed by atoms with Crippen LogP contribution in [-0.4, -0.2) is 55.9 Å². The first-order chi connectivity index (χ1) is 17.7. The average Bonchev–Trinajstić information content (AvgIpc) is 3.30. The molecule has 0 amide bonds. The van der Waals surface area contributed by atoms with Crippen molar-refractivity contribution in [2.24, 2.45) is 11.7 Å². The first-order valence-electron chi connectivity index (χ1n) is 11.7. The largest absolute Gasteiger partial charge is 0.497 e. The van der Waals surface area contributed by atoms with E-state index >= 15 is 0 Å². The highest BCUT2D eigenvalue weighted by Crippen LogP contribution is 2.33. The Hall–Kier alpha value is -3.89. The van der Waals surface area contributed by atoms with Gasteiger partial charge in [0.1, 0.15) is 23.9 Å². The van der Waals surface area contributed by atoms with Crippen molar-refractivity contribution >= 4 is 21.8 Å². The highest BCUT2D eigenvalue weighted by molar-refractivity contribution is 7.89. The van der Waals surface area contributed by atoms with Crippen LogP contribution < -0.4 is 15.2 Å². The van der Waals surface area contributed by atoms with Crippen LogP contribution in [0.15, 0.2) is 77.7 Å². The minimum Gasteiger partial charge on any atom is -0.497 e. The topological polar surface area (TPSA) is 143 Å². The van der Waals surface area contributed by atoms with E-state index < -0.39 is 22.0 Å². The molecule has 0 saturated carbocycles. The zero-order chi connectivity index (χ0) is 26.6. The van der Waals surface area contributed by atoms with Gasteiger partial charge in [-0.1, -0.05) is 36.4 Å². The summed E-state index contributed by atoms with van der Waals surface area (Å²) in [5.41, 5.74) is 8.07. The third-order valence-electron chi connectivity index (χ3n) is 6.41. The summed E-state index contributed by atoms with van der Waals surface area (Å²) in [7, 11) is -2.35. The van der Waals surface area contributed by atoms with E-state index in [4.69, 9.17) is 20.6 Å². The lowest BCUT2D eigenvalue weighted by Gasteiger charge is -2.24. The summed E-state index contributed by atoms with van der Waals surface area (Å²) in [6.07, 6.45) is 0.282. The van der Waals surface area contributed by atoms with Crippen molar-refractivity contribution in [3.8, 4) is 22.6 Å². The molecule has 4 rings (SSSR count). The van der Waals surface area contributed by atoms with Crippen molar-refractivity contribution in [2.75, 3.05) is 20.3 Å². The van der Waals surface area contributed by atoms with E-state index in [1.807, 2.05) is 24.3 Å². The van der Waals surface area contributed by atoms with Gasteiger partial charge < -0.3 is 20.3 Å². The van der Waals surface area contributed by atoms with E-state index in [1.54, 1.807) is 36.4 Å². The summed E-state index contributed by atoms with van der Waals surface area (Å²) in [5, 5.41) is 16.8. The monoisotopic (exact) mass is 523 g/mol. The highest BCUT2D eigenvalue weighted by atomic mass is 32.2. The van der Waals surface area contributed by atoms with Crippen molar-refractivity contribution in [3.63, 3.8) is 0 Å². The Morgan fingerprint density at radius 3 is 2.11 bits per heavy atom. The molecule has 1 unspecified atom stereocenters. The maximum Gasteiger partial charge on any atom is 0.303 e. The Labute approximate surface area is 216 Å². The van der Waals surface area contributed by atoms with Gasteiger partial charge >= 0.3 is 5.97 Å². The Balaban J connectivity index is 1.48. The minimum absolute atomic E-state index is 0.0100. The van der Waals surface area contributed by atoms with Crippen LogP contribution in [0.25, 0.3) is 11.1 Å². The number of nitrogen functional groups attached to an aromatic ring is 1. The van der Waals surface area contributed by atoms with Crippen molar-refractivity contribution in [1.29, 1.82) is 5.41 Å². The van der Waals surface area contributed by atoms with Crippen molar-refractivity contribution in [3.05, 3.63) is 78.4 Å². The van der Waals surface area contributed by atoms with Crippen LogP contribution in [0.1, 0.15) is 18.4 Å². The molecule has 0 bridgehead atoms. The molecule has 0 aromatic heterocycles. The van der Waals surface area contributed by atoms with Crippen molar-refractivity contribution in [1.82, 2.24) is 4.31 Å². The lowest BCUT2D eigenvalue weighted by Crippen LogP contribution is -2.39. The van der Waals surface area contributed by atoms with Crippen LogP contribution >= 0.6 is 0 Å². The van der Waals surface area contributed by atoms with Gasteiger partial charge in [-0.25, -0.2) is 8.42 Å². The van der Waals surface area contributed by atoms with Gasteiger partial charge in [0, 0.05) is 18.5 Å². The summed E-state index contributed by atoms with van der Waals surface area (Å²) in [4.78, 5) is 11.4. The van der Waals surface area contributed by atoms with Gasteiger partial charge in [-0.2, -0.15) is 4.31 Å². The van der Waals surface area contributed by atoms with Crippen LogP contribution in [0.2, 0.25) is 0 Å². The normalized spacial score (nSPS) is 17.9. The molecule has 0 radical (unpaired) electrons. The second-order valence-electron chi connectivity index (χ2n) is 8.93. The fourth-order valence-electron chi connectivity index (χ4n) is 4.48. The fraction of sp³-hybridized carbons (Fsp3) is 0.259. The van der Waals surface area contributed by atoms with Crippen LogP contribution in [0.5, 0.6) is 11.5 Å². The summed E-state index contributed by atoms with van der Waals surface area (Å²) < 4.78 is 39.3. The standard InChI is InChI=1S/C27H29N3O6S/c1-35-23-10-12-25(13-11-23)37(33,34)30-16-18(15-26(31)32)14-22(30)17-36-24-8-6-20(7-9-24)19-2-4-21(5-3-19)27(28)29/h2-13,18,22H,14-17H2,1H3,(H3,28,29)(H,31,32)/t18?,22-/m0/s1. The molecule has 1 heterocycles. The molecular formula is C27H29N3O6S. The van der Waals surface area contributed by atoms with E-state index in [2.05, 4.69) is 0 Å². The van der Waals surface area contributed by atoms with E-state index in [0.29, 0.717) is 23.5 Å². The molecule has 1 fully saturated rings. The molecule has 1 aliphatic heterocycles. The zero-order valence-electron chi connectivity index (χ0n) is 20.3. The average molecular weight is 524 g/mol. The van der Waals surface area contributed by atoms with E-state index in [-0.39, 0.29) is 36.2 Å². The molecule has 4 N–H and O–H groups in total. The highest BCUT2D eigenvalue weighted by Gasteiger charge is 2.41. The number of ether oxygens (including phenoxy) is 2. The predicted octanol–water partition coefficient (Wildman–Crippen LogP) is 3.58. The number of nitrogens with one attached hydrogen (secondary N) is 1. The van der Waals surface area contributed by atoms with E-state index in [1.165, 1.54) is 23.5 Å². The molecule has 2 atom stereocenters. The molecule has 10 heteroatoms. The molecule has 9 nitrogen and oxygen atoms in total. The van der Waals surface area contributed by atoms with Gasteiger partial charge in [0.2, 0.25) is 10.0 Å². The molecule has 0 aliphatic carbocycles. The maximum absolute atomic E-state index is 13.4. The fourth-order valence-corrected chi connectivity index (χ4v) is 6.18. The number of nitrogens with zero attached hydrogens (tertiary/aromatic N) is 1. The summed E-state index contributed by atoms with van der Waals surface area (Å²) in [6, 6.07) is 20.4. The SMILES string of the molecule is COc1ccc(S(=O)(=O)N2CC(CC(=O)O)C[C@H]2COc2ccc(-c3ccc(C(=N)N)cc3)cc2)cc1. The second kappa shape index (κ2) is 11.0. The predicted molar refractivity (Wildman–Crippen MR) is 139 cm³/mol. The number of nitrogens with two attached hydrogens (primary N) is 1. The van der Waals surface area contributed by atoms with Crippen molar-refractivity contribution < 1.29 is 27.8 Å². The number of rotatable bonds is 10. The Bertz CT molecular complexity index is 1360. The Kier molecular flexibility index (Phi) is 7.80. The third-order valence-corrected chi connectivity index (χ3v) is 8.34. The smallest absolute Gasteiger partial charge is 0.303 e. The zero-order valence-corrected chi connectivity index (χ0v) is 21.1. The number of sulfonamides is 1. The molecule has 194 valence electrons. The van der Waals surface area contributed by atoms with Gasteiger partial charge in [-0.3, -0.25) is 10.2 Å². The van der Waals surface area contributed by atoms with Crippen LogP contribution in [0.3, 0.4) is 0 Å². The van der Waals surface area contributed by atoms with Crippen molar-refractivity contribution in [2.45, 2.75) is 23.8 Å². The van der Waals surface area contributed by atoms with E-state index in [9.17, 15) is 18.3 Å². The minimum atomic E-state index is -3.86. The molecule has 3 aromatic carbocycles. The number of benzene rings is 3. The van der Waals surface area contributed by atoms with Crippen LogP contribution in [0, 0.1) is 11.3 Å². The quantitative estimate of drug-likeness (QED) is 0.272. The number of carbonyl (C=O) groups is 1. The number of aliphatic carboxylic acids is 1. The van der Waals surface area contributed by atoms with Gasteiger partial charge in [0.15, 0.2) is 0 Å². The lowest BCUT2D eigenvalue weighted by molar-refractivity contribution is -0.138. The summed E-state index contributed by atoms with van der Waals surface area (Å²) in [6.45, 7) is 0.210. The number of carboxylic acid groups (broad SMARTS) is 1. The molecule has 37 heavy (non-hydrogen) atoms. The summed E-state index contributed by atoms with van der Waals surface area (Å²) >= 11 is 0. The third kappa shape index (κ3) is 6.10. The first kappa shape index (κ1) is 26.2. The number of carboxylic acids is 1. The Morgan fingerprint density at radius 1 is 1.00 bits per heavy atom. The molecule has 0 spiro atoms. The molecule has 3 aromatic rings. The molecular weight excluding hydrogens is 494 g/mol. The van der Waals surface area contributed by atoms with E-state index in [0.717, 1.165) is 11.1 Å². The van der Waals surface area contributed by atoms with Gasteiger partial charge in [0.05, 0.1) is 18.0 Å². The van der Waals surface area contributed by atoms with Crippen LogP contribution in [0.4, 0.5) is 0 Å². The van der Waals surface area contributed by atoms with Gasteiger partial charge in [-0.05, 0) is 59.9 Å². The Morgan fingerprint density at radius 2 is 1.57 bits per heavy atom. The second-order valence-corrected chi connectivity index (χ2v) is 10.8. The maximum atomic E-state index is 13.4. The first-order valence-corrected chi connectivity index (χ1v) is 13.2. The number of methoxy groups -OCH3 is 1. The number of hydrogen-bond donors (Lipinski definition) is 3. The lowest BCUT2D eigenvalue weighted by atomic mass is 10.0. The van der Waals surface area contributed by atoms with Gasteiger partial charge in [-0.15, -0.1) is 0 Å².